The maximum atomic E-state index is 10.1. The number of likely N-dealkylation sites (tertiary alicyclic amines) is 1. The van der Waals surface area contributed by atoms with Gasteiger partial charge >= 0.3 is 0 Å². The lowest BCUT2D eigenvalue weighted by atomic mass is 10.2. The minimum atomic E-state index is -0.377. The average molecular weight is 306 g/mol. The van der Waals surface area contributed by atoms with Gasteiger partial charge in [0.2, 0.25) is 0 Å². The Labute approximate surface area is 129 Å². The van der Waals surface area contributed by atoms with Gasteiger partial charge in [0.25, 0.3) is 0 Å². The molecule has 21 heavy (non-hydrogen) atoms. The lowest BCUT2D eigenvalue weighted by molar-refractivity contribution is 0.135. The zero-order valence-corrected chi connectivity index (χ0v) is 12.7. The Morgan fingerprint density at radius 2 is 2.10 bits per heavy atom. The Hall–Kier alpha value is -1.36. The fourth-order valence-corrected chi connectivity index (χ4v) is 3.05. The van der Waals surface area contributed by atoms with Crippen LogP contribution in [0.3, 0.4) is 0 Å². The summed E-state index contributed by atoms with van der Waals surface area (Å²) in [7, 11) is 0. The lowest BCUT2D eigenvalue weighted by Gasteiger charge is -2.20. The highest BCUT2D eigenvalue weighted by molar-refractivity contribution is 6.35. The molecule has 1 aliphatic heterocycles. The van der Waals surface area contributed by atoms with Crippen molar-refractivity contribution in [1.82, 2.24) is 9.88 Å². The first-order chi connectivity index (χ1) is 10.2. The molecule has 2 heterocycles. The van der Waals surface area contributed by atoms with Crippen molar-refractivity contribution < 1.29 is 5.11 Å². The maximum Gasteiger partial charge on any atom is 0.0948 e. The van der Waals surface area contributed by atoms with Gasteiger partial charge < -0.3 is 15.3 Å². The molecule has 0 bridgehead atoms. The molecule has 0 aliphatic carbocycles. The molecule has 1 saturated heterocycles. The maximum absolute atomic E-state index is 10.1. The van der Waals surface area contributed by atoms with Gasteiger partial charge in [-0.1, -0.05) is 11.6 Å². The fourth-order valence-electron chi connectivity index (χ4n) is 2.84. The first-order valence-corrected chi connectivity index (χ1v) is 7.79. The molecule has 1 fully saturated rings. The van der Waals surface area contributed by atoms with E-state index in [0.717, 1.165) is 36.2 Å². The Kier molecular flexibility index (Phi) is 4.58. The third-order valence-corrected chi connectivity index (χ3v) is 4.24. The van der Waals surface area contributed by atoms with Crippen LogP contribution in [0.5, 0.6) is 0 Å². The van der Waals surface area contributed by atoms with Crippen LogP contribution >= 0.6 is 11.6 Å². The van der Waals surface area contributed by atoms with Crippen molar-refractivity contribution >= 4 is 28.2 Å². The molecule has 0 amide bonds. The standard InChI is InChI=1S/C16H20ClN3O/c17-14-5-6-15(16-13(14)4-3-7-18-16)19-10-12(21)11-20-8-1-2-9-20/h3-7,12,19,21H,1-2,8-11H2. The number of hydrogen-bond donors (Lipinski definition) is 2. The van der Waals surface area contributed by atoms with Gasteiger partial charge in [-0.25, -0.2) is 0 Å². The van der Waals surface area contributed by atoms with E-state index in [1.807, 2.05) is 24.3 Å². The SMILES string of the molecule is OC(CNc1ccc(Cl)c2cccnc12)CN1CCCC1. The molecular weight excluding hydrogens is 286 g/mol. The molecule has 112 valence electrons. The van der Waals surface area contributed by atoms with Gasteiger partial charge in [-0.05, 0) is 50.2 Å². The molecule has 1 atom stereocenters. The smallest absolute Gasteiger partial charge is 0.0948 e. The van der Waals surface area contributed by atoms with Crippen molar-refractivity contribution in [3.63, 3.8) is 0 Å². The number of aliphatic hydroxyl groups excluding tert-OH is 1. The number of fused-ring (bicyclic) bond motifs is 1. The predicted molar refractivity (Wildman–Crippen MR) is 86.9 cm³/mol. The van der Waals surface area contributed by atoms with Crippen LogP contribution in [0.25, 0.3) is 10.9 Å². The Bertz CT molecular complexity index is 613. The molecule has 1 aromatic carbocycles. The largest absolute Gasteiger partial charge is 0.390 e. The van der Waals surface area contributed by atoms with Gasteiger partial charge in [-0.3, -0.25) is 4.98 Å². The molecule has 1 unspecified atom stereocenters. The minimum Gasteiger partial charge on any atom is -0.390 e. The van der Waals surface area contributed by atoms with E-state index in [9.17, 15) is 5.11 Å². The second-order valence-corrected chi connectivity index (χ2v) is 5.94. The Morgan fingerprint density at radius 3 is 2.90 bits per heavy atom. The van der Waals surface area contributed by atoms with Crippen molar-refractivity contribution in [2.24, 2.45) is 0 Å². The van der Waals surface area contributed by atoms with Gasteiger partial charge in [0, 0.05) is 24.7 Å². The molecule has 0 spiro atoms. The zero-order chi connectivity index (χ0) is 14.7. The van der Waals surface area contributed by atoms with Gasteiger partial charge in [-0.15, -0.1) is 0 Å². The lowest BCUT2D eigenvalue weighted by Crippen LogP contribution is -2.34. The fraction of sp³-hybridized carbons (Fsp3) is 0.438. The number of aromatic nitrogens is 1. The Morgan fingerprint density at radius 1 is 1.29 bits per heavy atom. The van der Waals surface area contributed by atoms with Crippen LogP contribution in [0, 0.1) is 0 Å². The molecule has 2 aromatic rings. The predicted octanol–water partition coefficient (Wildman–Crippen LogP) is 2.76. The van der Waals surface area contributed by atoms with Gasteiger partial charge in [0.15, 0.2) is 0 Å². The second-order valence-electron chi connectivity index (χ2n) is 5.54. The third kappa shape index (κ3) is 3.46. The average Bonchev–Trinajstić information content (AvgIpc) is 3.00. The molecule has 0 saturated carbocycles. The van der Waals surface area contributed by atoms with Gasteiger partial charge in [-0.2, -0.15) is 0 Å². The monoisotopic (exact) mass is 305 g/mol. The number of benzene rings is 1. The van der Waals surface area contributed by atoms with E-state index in [2.05, 4.69) is 15.2 Å². The van der Waals surface area contributed by atoms with E-state index in [1.165, 1.54) is 12.8 Å². The summed E-state index contributed by atoms with van der Waals surface area (Å²) in [4.78, 5) is 6.69. The summed E-state index contributed by atoms with van der Waals surface area (Å²) in [5.41, 5.74) is 1.76. The van der Waals surface area contributed by atoms with E-state index >= 15 is 0 Å². The minimum absolute atomic E-state index is 0.377. The molecule has 3 rings (SSSR count). The third-order valence-electron chi connectivity index (χ3n) is 3.91. The molecule has 4 nitrogen and oxygen atoms in total. The quantitative estimate of drug-likeness (QED) is 0.892. The Balaban J connectivity index is 1.66. The first-order valence-electron chi connectivity index (χ1n) is 7.41. The van der Waals surface area contributed by atoms with Crippen molar-refractivity contribution in [2.45, 2.75) is 18.9 Å². The number of nitrogens with one attached hydrogen (secondary N) is 1. The topological polar surface area (TPSA) is 48.4 Å². The number of halogens is 1. The number of rotatable bonds is 5. The summed E-state index contributed by atoms with van der Waals surface area (Å²) in [5, 5.41) is 15.1. The van der Waals surface area contributed by atoms with Crippen LogP contribution in [0.4, 0.5) is 5.69 Å². The van der Waals surface area contributed by atoms with Crippen molar-refractivity contribution in [3.05, 3.63) is 35.5 Å². The van der Waals surface area contributed by atoms with Crippen molar-refractivity contribution in [1.29, 1.82) is 0 Å². The van der Waals surface area contributed by atoms with E-state index in [-0.39, 0.29) is 6.10 Å². The molecule has 5 heteroatoms. The van der Waals surface area contributed by atoms with Crippen LogP contribution < -0.4 is 5.32 Å². The van der Waals surface area contributed by atoms with E-state index in [0.29, 0.717) is 11.6 Å². The highest BCUT2D eigenvalue weighted by Gasteiger charge is 2.16. The molecule has 1 aliphatic rings. The summed E-state index contributed by atoms with van der Waals surface area (Å²) in [6.45, 7) is 3.45. The number of hydrogen-bond acceptors (Lipinski definition) is 4. The van der Waals surface area contributed by atoms with E-state index < -0.39 is 0 Å². The zero-order valence-electron chi connectivity index (χ0n) is 11.9. The number of β-amino-alcohol motifs (C(OH)–C–C–N with tert-alkyl or cyclic N) is 1. The summed E-state index contributed by atoms with van der Waals surface area (Å²) < 4.78 is 0. The molecular formula is C16H20ClN3O. The van der Waals surface area contributed by atoms with Gasteiger partial charge in [0.1, 0.15) is 0 Å². The van der Waals surface area contributed by atoms with E-state index in [4.69, 9.17) is 11.6 Å². The summed E-state index contributed by atoms with van der Waals surface area (Å²) in [6, 6.07) is 7.61. The number of nitrogens with zero attached hydrogens (tertiary/aromatic N) is 2. The summed E-state index contributed by atoms with van der Waals surface area (Å²) in [6.07, 6.45) is 3.86. The highest BCUT2D eigenvalue weighted by atomic mass is 35.5. The van der Waals surface area contributed by atoms with Crippen LogP contribution in [0.2, 0.25) is 5.02 Å². The van der Waals surface area contributed by atoms with Crippen molar-refractivity contribution in [3.8, 4) is 0 Å². The van der Waals surface area contributed by atoms with Crippen LogP contribution in [-0.4, -0.2) is 47.3 Å². The van der Waals surface area contributed by atoms with Crippen LogP contribution in [0.1, 0.15) is 12.8 Å². The van der Waals surface area contributed by atoms with E-state index in [1.54, 1.807) is 6.20 Å². The van der Waals surface area contributed by atoms with Crippen molar-refractivity contribution in [2.75, 3.05) is 31.5 Å². The highest BCUT2D eigenvalue weighted by Crippen LogP contribution is 2.27. The number of anilines is 1. The van der Waals surface area contributed by atoms with Crippen LogP contribution in [0.15, 0.2) is 30.5 Å². The van der Waals surface area contributed by atoms with Crippen LogP contribution in [-0.2, 0) is 0 Å². The number of aliphatic hydroxyl groups is 1. The molecule has 1 aromatic heterocycles. The number of pyridine rings is 1. The molecule has 0 radical (unpaired) electrons. The second kappa shape index (κ2) is 6.60. The normalized spacial score (nSPS) is 17.2. The summed E-state index contributed by atoms with van der Waals surface area (Å²) in [5.74, 6) is 0. The first kappa shape index (κ1) is 14.6. The molecule has 2 N–H and O–H groups in total. The summed E-state index contributed by atoms with van der Waals surface area (Å²) >= 11 is 6.18. The van der Waals surface area contributed by atoms with Gasteiger partial charge in [0.05, 0.1) is 22.3 Å².